The number of fused-ring (bicyclic) bond motifs is 2. The fourth-order valence-electron chi connectivity index (χ4n) is 3.09. The van der Waals surface area contributed by atoms with Crippen LogP contribution >= 0.6 is 11.8 Å². The number of rotatable bonds is 3. The lowest BCUT2D eigenvalue weighted by Gasteiger charge is -2.31. The van der Waals surface area contributed by atoms with E-state index in [-0.39, 0.29) is 17.9 Å². The Balaban J connectivity index is 1.59. The molecule has 1 atom stereocenters. The zero-order valence-electron chi connectivity index (χ0n) is 15.1. The van der Waals surface area contributed by atoms with Crippen molar-refractivity contribution in [2.45, 2.75) is 23.5 Å². The average molecular weight is 420 g/mol. The van der Waals surface area contributed by atoms with Gasteiger partial charge in [0.1, 0.15) is 6.54 Å². The molecule has 1 unspecified atom stereocenters. The van der Waals surface area contributed by atoms with Crippen LogP contribution in [0.3, 0.4) is 0 Å². The summed E-state index contributed by atoms with van der Waals surface area (Å²) in [6.07, 6.45) is -4.55. The third kappa shape index (κ3) is 3.80. The van der Waals surface area contributed by atoms with Gasteiger partial charge in [0.2, 0.25) is 11.8 Å². The summed E-state index contributed by atoms with van der Waals surface area (Å²) in [5.41, 5.74) is 0.898. The Morgan fingerprint density at radius 2 is 2.00 bits per heavy atom. The molecule has 3 aromatic rings. The molecule has 0 saturated carbocycles. The Morgan fingerprint density at radius 1 is 1.24 bits per heavy atom. The number of nitrogens with zero attached hydrogens (tertiary/aromatic N) is 2. The van der Waals surface area contributed by atoms with Crippen LogP contribution in [0.15, 0.2) is 47.6 Å². The largest absolute Gasteiger partial charge is 0.416 e. The Morgan fingerprint density at radius 3 is 2.72 bits per heavy atom. The molecule has 1 aliphatic rings. The Kier molecular flexibility index (Phi) is 4.73. The number of hydrogen-bond donors (Lipinski definition) is 2. The van der Waals surface area contributed by atoms with E-state index < -0.39 is 28.8 Å². The normalized spacial score (nSPS) is 15.2. The minimum Gasteiger partial charge on any atom is -0.333 e. The van der Waals surface area contributed by atoms with E-state index in [0.717, 1.165) is 23.2 Å². The first kappa shape index (κ1) is 19.3. The zero-order valence-corrected chi connectivity index (χ0v) is 15.9. The molecule has 0 aliphatic carbocycles. The number of alkyl halides is 3. The fourth-order valence-corrected chi connectivity index (χ4v) is 3.97. The molecule has 2 heterocycles. The molecular weight excluding hydrogens is 405 g/mol. The van der Waals surface area contributed by atoms with Crippen LogP contribution in [0.1, 0.15) is 12.5 Å². The molecule has 2 amide bonds. The second-order valence-corrected chi connectivity index (χ2v) is 7.85. The lowest BCUT2D eigenvalue weighted by atomic mass is 10.1. The van der Waals surface area contributed by atoms with Gasteiger partial charge in [0.15, 0.2) is 5.16 Å². The third-order valence-electron chi connectivity index (χ3n) is 4.46. The number of amides is 2. The number of thioether (sulfide) groups is 1. The summed E-state index contributed by atoms with van der Waals surface area (Å²) >= 11 is 1.18. The summed E-state index contributed by atoms with van der Waals surface area (Å²) in [5, 5.41) is 2.33. The second-order valence-electron chi connectivity index (χ2n) is 6.52. The van der Waals surface area contributed by atoms with Crippen molar-refractivity contribution in [1.29, 1.82) is 0 Å². The molecule has 0 fully saturated rings. The van der Waals surface area contributed by atoms with Gasteiger partial charge >= 0.3 is 6.18 Å². The molecule has 150 valence electrons. The number of hydrogen-bond acceptors (Lipinski definition) is 4. The van der Waals surface area contributed by atoms with Gasteiger partial charge in [-0.3, -0.25) is 14.5 Å². The molecule has 2 N–H and O–H groups in total. The molecule has 1 aliphatic heterocycles. The van der Waals surface area contributed by atoms with E-state index in [4.69, 9.17) is 0 Å². The predicted octanol–water partition coefficient (Wildman–Crippen LogP) is 4.05. The molecule has 2 aromatic carbocycles. The molecular formula is C19H15F3N4O2S. The second kappa shape index (κ2) is 7.11. The number of carbonyl (C=O) groups is 2. The van der Waals surface area contributed by atoms with E-state index in [1.807, 2.05) is 24.3 Å². The number of carbonyl (C=O) groups excluding carboxylic acids is 2. The summed E-state index contributed by atoms with van der Waals surface area (Å²) in [5.74, 6) is -0.947. The highest BCUT2D eigenvalue weighted by Gasteiger charge is 2.35. The maximum absolute atomic E-state index is 13.0. The van der Waals surface area contributed by atoms with Gasteiger partial charge in [0, 0.05) is 0 Å². The molecule has 0 saturated heterocycles. The number of aromatic nitrogens is 2. The van der Waals surface area contributed by atoms with E-state index in [9.17, 15) is 22.8 Å². The molecule has 0 radical (unpaired) electrons. The van der Waals surface area contributed by atoms with E-state index in [0.29, 0.717) is 5.16 Å². The van der Waals surface area contributed by atoms with Crippen LogP contribution < -0.4 is 10.2 Å². The van der Waals surface area contributed by atoms with Crippen LogP contribution in [-0.2, 0) is 15.8 Å². The quantitative estimate of drug-likeness (QED) is 0.627. The van der Waals surface area contributed by atoms with Gasteiger partial charge in [-0.1, -0.05) is 23.9 Å². The number of para-hydroxylation sites is 2. The summed E-state index contributed by atoms with van der Waals surface area (Å²) in [7, 11) is 0. The number of H-pyrrole nitrogens is 1. The number of nitrogens with one attached hydrogen (secondary N) is 2. The number of imidazole rings is 1. The number of benzene rings is 2. The number of aromatic amines is 1. The van der Waals surface area contributed by atoms with Crippen molar-refractivity contribution in [1.82, 2.24) is 9.97 Å². The minimum atomic E-state index is -4.55. The first-order chi connectivity index (χ1) is 13.7. The van der Waals surface area contributed by atoms with E-state index in [2.05, 4.69) is 15.3 Å². The maximum Gasteiger partial charge on any atom is 0.416 e. The first-order valence-electron chi connectivity index (χ1n) is 8.66. The Bertz CT molecular complexity index is 1080. The van der Waals surface area contributed by atoms with Crippen molar-refractivity contribution < 1.29 is 22.8 Å². The van der Waals surface area contributed by atoms with Crippen molar-refractivity contribution in [2.24, 2.45) is 0 Å². The van der Waals surface area contributed by atoms with Crippen molar-refractivity contribution >= 4 is 46.0 Å². The van der Waals surface area contributed by atoms with E-state index in [1.54, 1.807) is 6.92 Å². The smallest absolute Gasteiger partial charge is 0.333 e. The van der Waals surface area contributed by atoms with Gasteiger partial charge in [-0.05, 0) is 37.3 Å². The van der Waals surface area contributed by atoms with Gasteiger partial charge in [-0.25, -0.2) is 4.98 Å². The summed E-state index contributed by atoms with van der Waals surface area (Å²) < 4.78 is 38.9. The highest BCUT2D eigenvalue weighted by Crippen LogP contribution is 2.38. The van der Waals surface area contributed by atoms with Crippen molar-refractivity contribution in [2.75, 3.05) is 16.8 Å². The molecule has 29 heavy (non-hydrogen) atoms. The van der Waals surface area contributed by atoms with Gasteiger partial charge in [-0.15, -0.1) is 0 Å². The highest BCUT2D eigenvalue weighted by atomic mass is 32.2. The molecule has 0 spiro atoms. The zero-order chi connectivity index (χ0) is 20.8. The third-order valence-corrected chi connectivity index (χ3v) is 5.43. The number of halogens is 3. The summed E-state index contributed by atoms with van der Waals surface area (Å²) in [4.78, 5) is 33.7. The van der Waals surface area contributed by atoms with E-state index >= 15 is 0 Å². The van der Waals surface area contributed by atoms with Gasteiger partial charge < -0.3 is 10.3 Å². The Labute approximate surface area is 167 Å². The van der Waals surface area contributed by atoms with Crippen molar-refractivity contribution in [3.8, 4) is 0 Å². The Hall–Kier alpha value is -3.01. The highest BCUT2D eigenvalue weighted by molar-refractivity contribution is 8.00. The predicted molar refractivity (Wildman–Crippen MR) is 104 cm³/mol. The van der Waals surface area contributed by atoms with Crippen LogP contribution in [-0.4, -0.2) is 33.6 Å². The SMILES string of the molecule is CC(Sc1nc2ccccc2[nH]1)C(=O)N1CC(=O)Nc2cc(C(F)(F)F)ccc21. The topological polar surface area (TPSA) is 78.1 Å². The van der Waals surface area contributed by atoms with Crippen LogP contribution in [0.2, 0.25) is 0 Å². The number of anilines is 2. The van der Waals surface area contributed by atoms with E-state index in [1.165, 1.54) is 22.7 Å². The fraction of sp³-hybridized carbons (Fsp3) is 0.211. The van der Waals surface area contributed by atoms with Crippen LogP contribution in [0.5, 0.6) is 0 Å². The standard InChI is InChI=1S/C19H15F3N4O2S/c1-10(29-18-24-12-4-2-3-5-13(12)25-18)17(28)26-9-16(27)23-14-8-11(19(20,21)22)6-7-15(14)26/h2-8,10H,9H2,1H3,(H,23,27)(H,24,25). The first-order valence-corrected chi connectivity index (χ1v) is 9.54. The minimum absolute atomic E-state index is 0.0367. The van der Waals surface area contributed by atoms with Crippen molar-refractivity contribution in [3.05, 3.63) is 48.0 Å². The summed E-state index contributed by atoms with van der Waals surface area (Å²) in [6, 6.07) is 10.4. The van der Waals surface area contributed by atoms with Crippen LogP contribution in [0.4, 0.5) is 24.5 Å². The monoisotopic (exact) mass is 420 g/mol. The van der Waals surface area contributed by atoms with Gasteiger partial charge in [0.25, 0.3) is 0 Å². The van der Waals surface area contributed by atoms with Crippen LogP contribution in [0.25, 0.3) is 11.0 Å². The molecule has 0 bridgehead atoms. The van der Waals surface area contributed by atoms with Gasteiger partial charge in [0.05, 0.1) is 33.2 Å². The average Bonchev–Trinajstić information content (AvgIpc) is 3.07. The molecule has 6 nitrogen and oxygen atoms in total. The van der Waals surface area contributed by atoms with Gasteiger partial charge in [-0.2, -0.15) is 13.2 Å². The molecule has 4 rings (SSSR count). The molecule has 1 aromatic heterocycles. The lowest BCUT2D eigenvalue weighted by Crippen LogP contribution is -2.45. The maximum atomic E-state index is 13.0. The van der Waals surface area contributed by atoms with Crippen molar-refractivity contribution in [3.63, 3.8) is 0 Å². The summed E-state index contributed by atoms with van der Waals surface area (Å²) in [6.45, 7) is 1.40. The molecule has 10 heteroatoms. The van der Waals surface area contributed by atoms with Crippen LogP contribution in [0, 0.1) is 0 Å². The lowest BCUT2D eigenvalue weighted by molar-refractivity contribution is -0.137.